The van der Waals surface area contributed by atoms with E-state index in [1.54, 1.807) is 0 Å². The third-order valence-electron chi connectivity index (χ3n) is 7.70. The van der Waals surface area contributed by atoms with Crippen LogP contribution in [0.2, 0.25) is 0 Å². The molecule has 0 aliphatic carbocycles. The second-order valence-corrected chi connectivity index (χ2v) is 10.7. The third-order valence-corrected chi connectivity index (χ3v) is 8.91. The minimum atomic E-state index is 0.685. The molecule has 4 heterocycles. The molecule has 0 unspecified atom stereocenters. The molecule has 0 fully saturated rings. The molecule has 0 aliphatic heterocycles. The van der Waals surface area contributed by atoms with Crippen molar-refractivity contribution in [1.82, 2.24) is 19.5 Å². The number of thiophene rings is 1. The highest BCUT2D eigenvalue weighted by molar-refractivity contribution is 7.27. The normalized spacial score (nSPS) is 12.2. The van der Waals surface area contributed by atoms with E-state index < -0.39 is 0 Å². The van der Waals surface area contributed by atoms with Crippen LogP contribution in [-0.2, 0) is 0 Å². The van der Waals surface area contributed by atoms with Crippen molar-refractivity contribution >= 4 is 85.8 Å². The number of para-hydroxylation sites is 1. The van der Waals surface area contributed by atoms with Crippen LogP contribution in [-0.4, -0.2) is 19.5 Å². The van der Waals surface area contributed by atoms with Crippen LogP contribution in [0.15, 0.2) is 110 Å². The molecule has 4 aromatic heterocycles. The van der Waals surface area contributed by atoms with Crippen LogP contribution >= 0.6 is 11.3 Å². The summed E-state index contributed by atoms with van der Waals surface area (Å²) in [6.45, 7) is 0. The Morgan fingerprint density at radius 3 is 2.34 bits per heavy atom. The summed E-state index contributed by atoms with van der Waals surface area (Å²) in [5.41, 5.74) is 3.22. The number of benzene rings is 5. The summed E-state index contributed by atoms with van der Waals surface area (Å²) in [6, 6.07) is 32.1. The lowest BCUT2D eigenvalue weighted by molar-refractivity contribution is 1.02. The molecule has 0 radical (unpaired) electrons. The zero-order chi connectivity index (χ0) is 24.8. The van der Waals surface area contributed by atoms with Gasteiger partial charge in [0.15, 0.2) is 0 Å². The van der Waals surface area contributed by atoms with Crippen molar-refractivity contribution in [3.05, 3.63) is 110 Å². The Morgan fingerprint density at radius 1 is 0.605 bits per heavy atom. The van der Waals surface area contributed by atoms with Gasteiger partial charge in [0, 0.05) is 65.7 Å². The van der Waals surface area contributed by atoms with E-state index >= 15 is 0 Å². The fourth-order valence-electron chi connectivity index (χ4n) is 6.09. The summed E-state index contributed by atoms with van der Waals surface area (Å²) in [7, 11) is 0. The fraction of sp³-hybridized carbons (Fsp3) is 0. The molecule has 176 valence electrons. The SMILES string of the molecule is c1ccc2c(c1)ccc1cnc(-n3c4ccccc4c4c5ccncc5c5sc6ccccc6c5c43)nc12. The Labute approximate surface area is 220 Å². The molecular weight excluding hydrogens is 484 g/mol. The average molecular weight is 503 g/mol. The zero-order valence-corrected chi connectivity index (χ0v) is 20.9. The summed E-state index contributed by atoms with van der Waals surface area (Å²) in [4.78, 5) is 14.7. The highest BCUT2D eigenvalue weighted by Crippen LogP contribution is 2.47. The van der Waals surface area contributed by atoms with Crippen molar-refractivity contribution in [1.29, 1.82) is 0 Å². The first-order valence-corrected chi connectivity index (χ1v) is 13.4. The average Bonchev–Trinajstić information content (AvgIpc) is 3.53. The molecule has 0 saturated heterocycles. The minimum absolute atomic E-state index is 0.685. The molecule has 5 aromatic carbocycles. The van der Waals surface area contributed by atoms with Gasteiger partial charge in [0.2, 0.25) is 5.95 Å². The smallest absolute Gasteiger partial charge is 0.235 e. The molecule has 0 amide bonds. The van der Waals surface area contributed by atoms with Gasteiger partial charge in [-0.25, -0.2) is 9.97 Å². The van der Waals surface area contributed by atoms with E-state index in [1.165, 1.54) is 47.1 Å². The summed E-state index contributed by atoms with van der Waals surface area (Å²) in [5, 5.41) is 10.6. The maximum Gasteiger partial charge on any atom is 0.235 e. The predicted molar refractivity (Wildman–Crippen MR) is 160 cm³/mol. The lowest BCUT2D eigenvalue weighted by Gasteiger charge is -2.10. The van der Waals surface area contributed by atoms with Gasteiger partial charge in [0.25, 0.3) is 0 Å². The highest BCUT2D eigenvalue weighted by atomic mass is 32.1. The van der Waals surface area contributed by atoms with Crippen molar-refractivity contribution in [3.63, 3.8) is 0 Å². The van der Waals surface area contributed by atoms with Crippen LogP contribution in [0.5, 0.6) is 0 Å². The minimum Gasteiger partial charge on any atom is -0.277 e. The first-order chi connectivity index (χ1) is 18.9. The van der Waals surface area contributed by atoms with Crippen LogP contribution in [0.4, 0.5) is 0 Å². The van der Waals surface area contributed by atoms with Gasteiger partial charge in [0.05, 0.1) is 16.6 Å². The summed E-state index contributed by atoms with van der Waals surface area (Å²) < 4.78 is 4.78. The highest BCUT2D eigenvalue weighted by Gasteiger charge is 2.23. The Hall–Kier alpha value is -4.87. The predicted octanol–water partition coefficient (Wildman–Crippen LogP) is 8.80. The van der Waals surface area contributed by atoms with Crippen molar-refractivity contribution < 1.29 is 0 Å². The maximum atomic E-state index is 5.24. The topological polar surface area (TPSA) is 43.6 Å². The number of aromatic nitrogens is 4. The number of hydrogen-bond donors (Lipinski definition) is 0. The monoisotopic (exact) mass is 502 g/mol. The van der Waals surface area contributed by atoms with E-state index in [0.717, 1.165) is 27.3 Å². The zero-order valence-electron chi connectivity index (χ0n) is 20.1. The van der Waals surface area contributed by atoms with Crippen LogP contribution in [0.25, 0.3) is 80.4 Å². The Balaban J connectivity index is 1.56. The Bertz CT molecular complexity index is 2420. The van der Waals surface area contributed by atoms with E-state index in [0.29, 0.717) is 5.95 Å². The molecule has 0 bridgehead atoms. The summed E-state index contributed by atoms with van der Waals surface area (Å²) in [6.07, 6.45) is 5.86. The van der Waals surface area contributed by atoms with Crippen LogP contribution in [0.3, 0.4) is 0 Å². The molecule has 0 aliphatic rings. The van der Waals surface area contributed by atoms with E-state index in [2.05, 4.69) is 101 Å². The lowest BCUT2D eigenvalue weighted by atomic mass is 10.0. The van der Waals surface area contributed by atoms with Gasteiger partial charge < -0.3 is 0 Å². The van der Waals surface area contributed by atoms with Crippen molar-refractivity contribution in [2.45, 2.75) is 0 Å². The van der Waals surface area contributed by atoms with E-state index in [-0.39, 0.29) is 0 Å². The number of pyridine rings is 1. The van der Waals surface area contributed by atoms with Crippen LogP contribution < -0.4 is 0 Å². The fourth-order valence-corrected chi connectivity index (χ4v) is 7.31. The molecule has 38 heavy (non-hydrogen) atoms. The van der Waals surface area contributed by atoms with Gasteiger partial charge in [-0.2, -0.15) is 0 Å². The summed E-state index contributed by atoms with van der Waals surface area (Å²) in [5.74, 6) is 0.685. The van der Waals surface area contributed by atoms with Gasteiger partial charge in [0.1, 0.15) is 0 Å². The van der Waals surface area contributed by atoms with Gasteiger partial charge in [-0.05, 0) is 29.0 Å². The Kier molecular flexibility index (Phi) is 3.91. The first-order valence-electron chi connectivity index (χ1n) is 12.6. The molecule has 0 atom stereocenters. The van der Waals surface area contributed by atoms with E-state index in [4.69, 9.17) is 9.97 Å². The molecule has 4 nitrogen and oxygen atoms in total. The Morgan fingerprint density at radius 2 is 1.39 bits per heavy atom. The van der Waals surface area contributed by atoms with Gasteiger partial charge in [-0.3, -0.25) is 9.55 Å². The molecule has 0 spiro atoms. The van der Waals surface area contributed by atoms with Crippen LogP contribution in [0.1, 0.15) is 0 Å². The van der Waals surface area contributed by atoms with E-state index in [9.17, 15) is 0 Å². The second-order valence-electron chi connectivity index (χ2n) is 9.69. The van der Waals surface area contributed by atoms with Crippen molar-refractivity contribution in [2.24, 2.45) is 0 Å². The van der Waals surface area contributed by atoms with Gasteiger partial charge in [-0.15, -0.1) is 11.3 Å². The molecule has 0 N–H and O–H groups in total. The van der Waals surface area contributed by atoms with Crippen LogP contribution in [0, 0.1) is 0 Å². The summed E-state index contributed by atoms with van der Waals surface area (Å²) >= 11 is 1.83. The number of fused-ring (bicyclic) bond motifs is 13. The van der Waals surface area contributed by atoms with Crippen molar-refractivity contribution in [3.8, 4) is 5.95 Å². The largest absolute Gasteiger partial charge is 0.277 e. The van der Waals surface area contributed by atoms with Crippen molar-refractivity contribution in [2.75, 3.05) is 0 Å². The number of rotatable bonds is 1. The third kappa shape index (κ3) is 2.56. The quantitative estimate of drug-likeness (QED) is 0.211. The number of hydrogen-bond acceptors (Lipinski definition) is 4. The standard InChI is InChI=1S/C33H18N4S/c1-2-8-21-19(7-1)13-14-20-17-35-33(36-30(20)21)37-26-11-5-3-9-23(26)28-22-15-16-34-18-25(22)32-29(31(28)37)24-10-4-6-12-27(24)38-32/h1-18H. The molecular formula is C33H18N4S. The molecule has 9 rings (SSSR count). The number of nitrogens with zero attached hydrogens (tertiary/aromatic N) is 4. The first kappa shape index (κ1) is 20.2. The molecule has 0 saturated carbocycles. The van der Waals surface area contributed by atoms with Gasteiger partial charge in [-0.1, -0.05) is 72.8 Å². The molecule has 5 heteroatoms. The van der Waals surface area contributed by atoms with E-state index in [1.807, 2.05) is 29.9 Å². The van der Waals surface area contributed by atoms with Gasteiger partial charge >= 0.3 is 0 Å². The second kappa shape index (κ2) is 7.34. The maximum absolute atomic E-state index is 5.24. The lowest BCUT2D eigenvalue weighted by Crippen LogP contribution is -2.01. The molecule has 9 aromatic rings.